The molecule has 0 aliphatic heterocycles. The predicted molar refractivity (Wildman–Crippen MR) is 72.4 cm³/mol. The molecule has 19 heavy (non-hydrogen) atoms. The van der Waals surface area contributed by atoms with Crippen LogP contribution in [0.25, 0.3) is 0 Å². The minimum atomic E-state index is 0.0637. The zero-order valence-electron chi connectivity index (χ0n) is 10.8. The summed E-state index contributed by atoms with van der Waals surface area (Å²) >= 11 is 0. The second-order valence-electron chi connectivity index (χ2n) is 4.39. The molecule has 2 rings (SSSR count). The summed E-state index contributed by atoms with van der Waals surface area (Å²) in [6, 6.07) is 3.72. The van der Waals surface area contributed by atoms with Gasteiger partial charge in [-0.3, -0.25) is 9.78 Å². The van der Waals surface area contributed by atoms with Crippen LogP contribution in [0.2, 0.25) is 0 Å². The first kappa shape index (κ1) is 13.3. The van der Waals surface area contributed by atoms with E-state index in [-0.39, 0.29) is 5.91 Å². The molecule has 0 radical (unpaired) electrons. The molecule has 0 atom stereocenters. The summed E-state index contributed by atoms with van der Waals surface area (Å²) in [5, 5.41) is 2.93. The average molecular weight is 258 g/mol. The molecular weight excluding hydrogens is 240 g/mol. The quantitative estimate of drug-likeness (QED) is 0.764. The van der Waals surface area contributed by atoms with Gasteiger partial charge in [-0.15, -0.1) is 0 Å². The Morgan fingerprint density at radius 3 is 2.74 bits per heavy atom. The van der Waals surface area contributed by atoms with Gasteiger partial charge < -0.3 is 9.88 Å². The van der Waals surface area contributed by atoms with Crippen molar-refractivity contribution in [2.45, 2.75) is 25.8 Å². The van der Waals surface area contributed by atoms with Gasteiger partial charge in [0, 0.05) is 37.9 Å². The van der Waals surface area contributed by atoms with E-state index in [0.29, 0.717) is 6.42 Å². The van der Waals surface area contributed by atoms with E-state index in [2.05, 4.69) is 15.3 Å². The van der Waals surface area contributed by atoms with Crippen LogP contribution in [-0.2, 0) is 17.8 Å². The van der Waals surface area contributed by atoms with Gasteiger partial charge in [-0.2, -0.15) is 0 Å². The number of nitrogens with zero attached hydrogens (tertiary/aromatic N) is 3. The van der Waals surface area contributed by atoms with Crippen LogP contribution in [0.3, 0.4) is 0 Å². The number of carbonyl (C=O) groups is 1. The number of aromatic nitrogens is 3. The van der Waals surface area contributed by atoms with Gasteiger partial charge in [0.2, 0.25) is 5.91 Å². The van der Waals surface area contributed by atoms with Gasteiger partial charge in [0.25, 0.3) is 0 Å². The summed E-state index contributed by atoms with van der Waals surface area (Å²) in [5.41, 5.74) is 0.992. The molecule has 2 aromatic rings. The fourth-order valence-electron chi connectivity index (χ4n) is 1.81. The molecular formula is C14H18N4O. The molecule has 5 nitrogen and oxygen atoms in total. The van der Waals surface area contributed by atoms with Gasteiger partial charge in [-0.25, -0.2) is 4.98 Å². The Labute approximate surface area is 112 Å². The lowest BCUT2D eigenvalue weighted by molar-refractivity contribution is -0.120. The SMILES string of the molecule is O=C(Cc1ccncc1)NCCCCn1ccnc1. The van der Waals surface area contributed by atoms with Crippen molar-refractivity contribution in [2.75, 3.05) is 6.54 Å². The van der Waals surface area contributed by atoms with Crippen molar-refractivity contribution in [3.05, 3.63) is 48.8 Å². The van der Waals surface area contributed by atoms with Crippen molar-refractivity contribution < 1.29 is 4.79 Å². The summed E-state index contributed by atoms with van der Waals surface area (Å²) < 4.78 is 2.04. The standard InChI is InChI=1S/C14H18N4O/c19-14(11-13-3-6-15-7-4-13)17-5-1-2-9-18-10-8-16-12-18/h3-4,6-8,10,12H,1-2,5,9,11H2,(H,17,19). The summed E-state index contributed by atoms with van der Waals surface area (Å²) in [7, 11) is 0. The number of carbonyl (C=O) groups excluding carboxylic acids is 1. The van der Waals surface area contributed by atoms with Crippen LogP contribution in [-0.4, -0.2) is 27.0 Å². The highest BCUT2D eigenvalue weighted by Crippen LogP contribution is 1.98. The van der Waals surface area contributed by atoms with Crippen LogP contribution in [0.1, 0.15) is 18.4 Å². The van der Waals surface area contributed by atoms with Crippen molar-refractivity contribution in [3.8, 4) is 0 Å². The van der Waals surface area contributed by atoms with Gasteiger partial charge in [0.1, 0.15) is 0 Å². The van der Waals surface area contributed by atoms with Crippen LogP contribution in [0.5, 0.6) is 0 Å². The monoisotopic (exact) mass is 258 g/mol. The molecule has 0 fully saturated rings. The van der Waals surface area contributed by atoms with Crippen LogP contribution >= 0.6 is 0 Å². The van der Waals surface area contributed by atoms with Gasteiger partial charge >= 0.3 is 0 Å². The molecule has 1 N–H and O–H groups in total. The molecule has 2 aromatic heterocycles. The highest BCUT2D eigenvalue weighted by atomic mass is 16.1. The molecule has 0 saturated carbocycles. The molecule has 5 heteroatoms. The van der Waals surface area contributed by atoms with Crippen LogP contribution in [0, 0.1) is 0 Å². The molecule has 0 spiro atoms. The van der Waals surface area contributed by atoms with E-state index in [0.717, 1.165) is 31.5 Å². The van der Waals surface area contributed by atoms with E-state index in [4.69, 9.17) is 0 Å². The number of rotatable bonds is 7. The minimum Gasteiger partial charge on any atom is -0.356 e. The number of aryl methyl sites for hydroxylation is 1. The van der Waals surface area contributed by atoms with E-state index in [1.165, 1.54) is 0 Å². The number of hydrogen-bond donors (Lipinski definition) is 1. The second-order valence-corrected chi connectivity index (χ2v) is 4.39. The minimum absolute atomic E-state index is 0.0637. The van der Waals surface area contributed by atoms with E-state index < -0.39 is 0 Å². The van der Waals surface area contributed by atoms with E-state index in [1.54, 1.807) is 18.6 Å². The third-order valence-electron chi connectivity index (χ3n) is 2.84. The Hall–Kier alpha value is -2.17. The molecule has 0 aliphatic carbocycles. The number of pyridine rings is 1. The Bertz CT molecular complexity index is 481. The molecule has 100 valence electrons. The Morgan fingerprint density at radius 2 is 2.00 bits per heavy atom. The number of unbranched alkanes of at least 4 members (excludes halogenated alkanes) is 1. The zero-order valence-corrected chi connectivity index (χ0v) is 10.8. The van der Waals surface area contributed by atoms with Gasteiger partial charge in [-0.05, 0) is 30.5 Å². The lowest BCUT2D eigenvalue weighted by Gasteiger charge is -2.05. The fourth-order valence-corrected chi connectivity index (χ4v) is 1.81. The highest BCUT2D eigenvalue weighted by molar-refractivity contribution is 5.78. The molecule has 0 aromatic carbocycles. The first-order chi connectivity index (χ1) is 9.34. The van der Waals surface area contributed by atoms with Gasteiger partial charge in [0.05, 0.1) is 12.7 Å². The normalized spacial score (nSPS) is 10.3. The highest BCUT2D eigenvalue weighted by Gasteiger charge is 2.01. The maximum absolute atomic E-state index is 11.7. The summed E-state index contributed by atoms with van der Waals surface area (Å²) in [6.45, 7) is 1.67. The third-order valence-corrected chi connectivity index (χ3v) is 2.84. The molecule has 0 bridgehead atoms. The Balaban J connectivity index is 1.57. The van der Waals surface area contributed by atoms with Crippen molar-refractivity contribution in [1.29, 1.82) is 0 Å². The Morgan fingerprint density at radius 1 is 1.16 bits per heavy atom. The van der Waals surface area contributed by atoms with Crippen molar-refractivity contribution in [2.24, 2.45) is 0 Å². The molecule has 0 aliphatic rings. The molecule has 0 saturated heterocycles. The number of hydrogen-bond acceptors (Lipinski definition) is 3. The summed E-state index contributed by atoms with van der Waals surface area (Å²) in [5.74, 6) is 0.0637. The van der Waals surface area contributed by atoms with E-state index >= 15 is 0 Å². The molecule has 2 heterocycles. The van der Waals surface area contributed by atoms with Gasteiger partial charge in [-0.1, -0.05) is 0 Å². The maximum Gasteiger partial charge on any atom is 0.224 e. The first-order valence-electron chi connectivity index (χ1n) is 6.46. The summed E-state index contributed by atoms with van der Waals surface area (Å²) in [4.78, 5) is 19.6. The fraction of sp³-hybridized carbons (Fsp3) is 0.357. The van der Waals surface area contributed by atoms with Crippen molar-refractivity contribution >= 4 is 5.91 Å². The number of nitrogens with one attached hydrogen (secondary N) is 1. The predicted octanol–water partition coefficient (Wildman–Crippen LogP) is 1.42. The van der Waals surface area contributed by atoms with Gasteiger partial charge in [0.15, 0.2) is 0 Å². The summed E-state index contributed by atoms with van der Waals surface area (Å²) in [6.07, 6.45) is 11.4. The van der Waals surface area contributed by atoms with Crippen molar-refractivity contribution in [3.63, 3.8) is 0 Å². The lowest BCUT2D eigenvalue weighted by atomic mass is 10.2. The molecule has 0 unspecified atom stereocenters. The van der Waals surface area contributed by atoms with E-state index in [9.17, 15) is 4.79 Å². The van der Waals surface area contributed by atoms with Crippen LogP contribution in [0.4, 0.5) is 0 Å². The van der Waals surface area contributed by atoms with Crippen LogP contribution < -0.4 is 5.32 Å². The topological polar surface area (TPSA) is 59.8 Å². The first-order valence-corrected chi connectivity index (χ1v) is 6.46. The smallest absolute Gasteiger partial charge is 0.224 e. The zero-order chi connectivity index (χ0) is 13.3. The average Bonchev–Trinajstić information content (AvgIpc) is 2.92. The van der Waals surface area contributed by atoms with Crippen LogP contribution in [0.15, 0.2) is 43.2 Å². The number of imidazole rings is 1. The maximum atomic E-state index is 11.7. The second kappa shape index (κ2) is 7.31. The number of amides is 1. The largest absolute Gasteiger partial charge is 0.356 e. The lowest BCUT2D eigenvalue weighted by Crippen LogP contribution is -2.26. The van der Waals surface area contributed by atoms with E-state index in [1.807, 2.05) is 29.2 Å². The molecule has 1 amide bonds. The third kappa shape index (κ3) is 4.91. The van der Waals surface area contributed by atoms with Crippen molar-refractivity contribution in [1.82, 2.24) is 19.9 Å². The Kier molecular flexibility index (Phi) is 5.10.